The molecule has 0 bridgehead atoms. The van der Waals surface area contributed by atoms with E-state index in [9.17, 15) is 0 Å². The van der Waals surface area contributed by atoms with Gasteiger partial charge in [-0.05, 0) is 19.4 Å². The third kappa shape index (κ3) is 4.01. The Morgan fingerprint density at radius 2 is 1.62 bits per heavy atom. The summed E-state index contributed by atoms with van der Waals surface area (Å²) in [6.07, 6.45) is 3.68. The van der Waals surface area contributed by atoms with Crippen LogP contribution in [0.1, 0.15) is 46.4 Å². The molecule has 3 nitrogen and oxygen atoms in total. The van der Waals surface area contributed by atoms with Crippen LogP contribution in [0.5, 0.6) is 0 Å². The normalized spacial score (nSPS) is 8.12. The Kier molecular flexibility index (Phi) is 9.46. The SMILES string of the molecule is C.CC.CC.Cc1cnc2[nH]cc(C)c2n1. The first-order valence-electron chi connectivity index (χ1n) is 5.55. The van der Waals surface area contributed by atoms with Crippen LogP contribution in [0.15, 0.2) is 12.4 Å². The molecule has 0 aliphatic rings. The van der Waals surface area contributed by atoms with Crippen LogP contribution in [0, 0.1) is 13.8 Å². The van der Waals surface area contributed by atoms with Crippen molar-refractivity contribution in [3.05, 3.63) is 23.7 Å². The van der Waals surface area contributed by atoms with Crippen LogP contribution >= 0.6 is 0 Å². The number of H-pyrrole nitrogens is 1. The van der Waals surface area contributed by atoms with Gasteiger partial charge < -0.3 is 4.98 Å². The van der Waals surface area contributed by atoms with Gasteiger partial charge in [0.15, 0.2) is 5.65 Å². The number of nitrogens with one attached hydrogen (secondary N) is 1. The Bertz CT molecular complexity index is 391. The van der Waals surface area contributed by atoms with E-state index in [0.717, 1.165) is 22.4 Å². The van der Waals surface area contributed by atoms with Gasteiger partial charge in [-0.2, -0.15) is 0 Å². The Balaban J connectivity index is 0. The third-order valence-corrected chi connectivity index (χ3v) is 1.69. The van der Waals surface area contributed by atoms with E-state index < -0.39 is 0 Å². The molecule has 0 unspecified atom stereocenters. The van der Waals surface area contributed by atoms with Crippen molar-refractivity contribution >= 4 is 11.2 Å². The summed E-state index contributed by atoms with van der Waals surface area (Å²) in [4.78, 5) is 11.6. The van der Waals surface area contributed by atoms with Gasteiger partial charge in [0, 0.05) is 6.20 Å². The molecule has 0 saturated carbocycles. The Labute approximate surface area is 99.3 Å². The molecule has 2 aromatic heterocycles. The number of hydrogen-bond donors (Lipinski definition) is 1. The summed E-state index contributed by atoms with van der Waals surface area (Å²) >= 11 is 0. The van der Waals surface area contributed by atoms with Crippen molar-refractivity contribution in [2.45, 2.75) is 49.0 Å². The minimum atomic E-state index is 0. The summed E-state index contributed by atoms with van der Waals surface area (Å²) < 4.78 is 0. The zero-order valence-corrected chi connectivity index (χ0v) is 10.5. The van der Waals surface area contributed by atoms with Crippen LogP contribution in [0.3, 0.4) is 0 Å². The monoisotopic (exact) mass is 223 g/mol. The number of rotatable bonds is 0. The highest BCUT2D eigenvalue weighted by Crippen LogP contribution is 2.11. The summed E-state index contributed by atoms with van der Waals surface area (Å²) in [5.41, 5.74) is 3.95. The fourth-order valence-corrected chi connectivity index (χ4v) is 1.10. The lowest BCUT2D eigenvalue weighted by Crippen LogP contribution is -1.84. The average molecular weight is 223 g/mol. The molecular weight excluding hydrogens is 198 g/mol. The summed E-state index contributed by atoms with van der Waals surface area (Å²) in [6.45, 7) is 12.0. The van der Waals surface area contributed by atoms with E-state index in [0.29, 0.717) is 0 Å². The number of fused-ring (bicyclic) bond motifs is 1. The van der Waals surface area contributed by atoms with E-state index in [2.05, 4.69) is 15.0 Å². The molecule has 0 aromatic carbocycles. The zero-order valence-electron chi connectivity index (χ0n) is 10.5. The van der Waals surface area contributed by atoms with Gasteiger partial charge in [-0.15, -0.1) is 0 Å². The van der Waals surface area contributed by atoms with Crippen molar-refractivity contribution in [2.75, 3.05) is 0 Å². The van der Waals surface area contributed by atoms with Crippen LogP contribution in [-0.4, -0.2) is 15.0 Å². The number of hydrogen-bond acceptors (Lipinski definition) is 2. The number of nitrogens with zero attached hydrogens (tertiary/aromatic N) is 2. The lowest BCUT2D eigenvalue weighted by atomic mass is 10.3. The molecule has 3 heteroatoms. The summed E-state index contributed by atoms with van der Waals surface area (Å²) in [6, 6.07) is 0. The second-order valence-electron chi connectivity index (χ2n) is 2.68. The van der Waals surface area contributed by atoms with Crippen molar-refractivity contribution < 1.29 is 0 Å². The fraction of sp³-hybridized carbons (Fsp3) is 0.538. The second-order valence-corrected chi connectivity index (χ2v) is 2.68. The second kappa shape index (κ2) is 8.89. The molecule has 0 aliphatic heterocycles. The molecule has 0 spiro atoms. The topological polar surface area (TPSA) is 41.6 Å². The van der Waals surface area contributed by atoms with Crippen LogP contribution in [0.25, 0.3) is 11.2 Å². The minimum absolute atomic E-state index is 0. The predicted molar refractivity (Wildman–Crippen MR) is 72.8 cm³/mol. The minimum Gasteiger partial charge on any atom is -0.345 e. The van der Waals surface area contributed by atoms with Crippen LogP contribution in [0.2, 0.25) is 0 Å². The van der Waals surface area contributed by atoms with Crippen molar-refractivity contribution in [2.24, 2.45) is 0 Å². The van der Waals surface area contributed by atoms with E-state index in [4.69, 9.17) is 0 Å². The molecule has 16 heavy (non-hydrogen) atoms. The lowest BCUT2D eigenvalue weighted by molar-refractivity contribution is 1.17. The first kappa shape index (κ1) is 17.0. The Morgan fingerprint density at radius 1 is 1.06 bits per heavy atom. The van der Waals surface area contributed by atoms with Gasteiger partial charge in [-0.25, -0.2) is 9.97 Å². The Morgan fingerprint density at radius 3 is 2.19 bits per heavy atom. The van der Waals surface area contributed by atoms with Gasteiger partial charge in [0.2, 0.25) is 0 Å². The van der Waals surface area contributed by atoms with Crippen molar-refractivity contribution in [1.82, 2.24) is 15.0 Å². The molecule has 0 saturated heterocycles. The zero-order chi connectivity index (χ0) is 11.8. The molecule has 2 rings (SSSR count). The maximum atomic E-state index is 4.34. The molecule has 1 N–H and O–H groups in total. The van der Waals surface area contributed by atoms with Gasteiger partial charge in [-0.1, -0.05) is 35.1 Å². The van der Waals surface area contributed by atoms with Crippen LogP contribution < -0.4 is 0 Å². The third-order valence-electron chi connectivity index (χ3n) is 1.69. The molecule has 0 amide bonds. The van der Waals surface area contributed by atoms with Gasteiger partial charge in [0.05, 0.1) is 11.9 Å². The number of aromatic amines is 1. The highest BCUT2D eigenvalue weighted by Gasteiger charge is 2.00. The lowest BCUT2D eigenvalue weighted by Gasteiger charge is -1.91. The predicted octanol–water partition coefficient (Wildman–Crippen LogP) is 4.26. The number of aryl methyl sites for hydroxylation is 2. The first-order chi connectivity index (χ1) is 7.27. The molecule has 2 heterocycles. The number of aromatic nitrogens is 3. The van der Waals surface area contributed by atoms with E-state index in [1.165, 1.54) is 0 Å². The van der Waals surface area contributed by atoms with E-state index in [-0.39, 0.29) is 7.43 Å². The maximum Gasteiger partial charge on any atom is 0.156 e. The average Bonchev–Trinajstić information content (AvgIpc) is 2.66. The van der Waals surface area contributed by atoms with Crippen molar-refractivity contribution in [3.8, 4) is 0 Å². The summed E-state index contributed by atoms with van der Waals surface area (Å²) in [5, 5.41) is 0. The van der Waals surface area contributed by atoms with Gasteiger partial charge >= 0.3 is 0 Å². The largest absolute Gasteiger partial charge is 0.345 e. The molecule has 0 atom stereocenters. The van der Waals surface area contributed by atoms with Gasteiger partial charge in [0.1, 0.15) is 5.52 Å². The fourth-order valence-electron chi connectivity index (χ4n) is 1.10. The smallest absolute Gasteiger partial charge is 0.156 e. The summed E-state index contributed by atoms with van der Waals surface area (Å²) in [5.74, 6) is 0. The van der Waals surface area contributed by atoms with Crippen molar-refractivity contribution in [1.29, 1.82) is 0 Å². The van der Waals surface area contributed by atoms with Crippen molar-refractivity contribution in [3.63, 3.8) is 0 Å². The maximum absolute atomic E-state index is 4.34. The van der Waals surface area contributed by atoms with Gasteiger partial charge in [0.25, 0.3) is 0 Å². The quantitative estimate of drug-likeness (QED) is 0.725. The Hall–Kier alpha value is -1.38. The summed E-state index contributed by atoms with van der Waals surface area (Å²) in [7, 11) is 0. The highest BCUT2D eigenvalue weighted by molar-refractivity contribution is 5.74. The molecule has 92 valence electrons. The van der Waals surface area contributed by atoms with Gasteiger partial charge in [-0.3, -0.25) is 0 Å². The molecule has 0 aliphatic carbocycles. The molecule has 0 fully saturated rings. The van der Waals surface area contributed by atoms with Crippen LogP contribution in [-0.2, 0) is 0 Å². The first-order valence-corrected chi connectivity index (χ1v) is 5.55. The highest BCUT2D eigenvalue weighted by atomic mass is 14.9. The molecule has 2 aromatic rings. The van der Waals surface area contributed by atoms with E-state index >= 15 is 0 Å². The van der Waals surface area contributed by atoms with E-state index in [1.54, 1.807) is 6.20 Å². The molecule has 0 radical (unpaired) electrons. The standard InChI is InChI=1S/C8H9N3.2C2H6.CH4/c1-5-3-9-8-7(5)11-6(2)4-10-8;2*1-2;/h3-4H,1-2H3,(H,9,10);2*1-2H3;1H4. The van der Waals surface area contributed by atoms with E-state index in [1.807, 2.05) is 47.7 Å². The van der Waals surface area contributed by atoms with Crippen LogP contribution in [0.4, 0.5) is 0 Å². The molecular formula is C13H25N3.